The maximum Gasteiger partial charge on any atom is 0.306 e. The van der Waals surface area contributed by atoms with Gasteiger partial charge in [0.15, 0.2) is 4.96 Å². The highest BCUT2D eigenvalue weighted by Gasteiger charge is 2.12. The minimum absolute atomic E-state index is 0.0126. The lowest BCUT2D eigenvalue weighted by Gasteiger charge is -2.07. The number of nitro benzene ring substituents is 1. The zero-order chi connectivity index (χ0) is 19.2. The Bertz CT molecular complexity index is 1030. The van der Waals surface area contributed by atoms with Crippen molar-refractivity contribution in [2.24, 2.45) is 0 Å². The third kappa shape index (κ3) is 4.67. The predicted molar refractivity (Wildman–Crippen MR) is 100.0 cm³/mol. The molecule has 0 spiro atoms. The Kier molecular flexibility index (Phi) is 5.77. The van der Waals surface area contributed by atoms with Crippen LogP contribution in [0.3, 0.4) is 0 Å². The number of benzene rings is 1. The van der Waals surface area contributed by atoms with E-state index >= 15 is 0 Å². The molecule has 2 heterocycles. The number of anilines is 1. The van der Waals surface area contributed by atoms with Crippen molar-refractivity contribution in [1.29, 1.82) is 0 Å². The summed E-state index contributed by atoms with van der Waals surface area (Å²) in [6, 6.07) is 7.65. The van der Waals surface area contributed by atoms with Crippen molar-refractivity contribution in [3.05, 3.63) is 68.1 Å². The highest BCUT2D eigenvalue weighted by molar-refractivity contribution is 7.15. The van der Waals surface area contributed by atoms with Gasteiger partial charge in [0, 0.05) is 36.7 Å². The number of carbonyl (C=O) groups is 1. The first kappa shape index (κ1) is 18.5. The molecule has 3 rings (SSSR count). The molecule has 10 heteroatoms. The summed E-state index contributed by atoms with van der Waals surface area (Å²) in [5.41, 5.74) is 0.570. The molecule has 0 aliphatic rings. The third-order valence-electron chi connectivity index (χ3n) is 3.71. The first-order valence-electron chi connectivity index (χ1n) is 8.13. The molecule has 0 aliphatic carbocycles. The highest BCUT2D eigenvalue weighted by Crippen LogP contribution is 2.23. The monoisotopic (exact) mass is 388 g/mol. The average Bonchev–Trinajstić information content (AvgIpc) is 3.13. The van der Waals surface area contributed by atoms with E-state index in [1.54, 1.807) is 29.8 Å². The number of nitrogens with zero attached hydrogens (tertiary/aromatic N) is 3. The minimum Gasteiger partial charge on any atom is -0.459 e. The number of fused-ring (bicyclic) bond motifs is 1. The Balaban J connectivity index is 1.45. The molecule has 27 heavy (non-hydrogen) atoms. The minimum atomic E-state index is -0.462. The Hall–Kier alpha value is -3.27. The molecule has 1 aromatic carbocycles. The summed E-state index contributed by atoms with van der Waals surface area (Å²) in [6.07, 6.45) is 2.23. The standard InChI is InChI=1S/C17H16N4O5S/c22-15-10-12(19-17-20(15)8-9-27-17)11-26-16(23)6-3-7-18-13-4-1-2-5-14(13)21(24)25/h1-2,4-5,8-10,18H,3,6-7,11H2. The third-order valence-corrected chi connectivity index (χ3v) is 4.47. The van der Waals surface area contributed by atoms with Gasteiger partial charge in [-0.05, 0) is 12.5 Å². The number of esters is 1. The number of thiazole rings is 1. The molecule has 9 nitrogen and oxygen atoms in total. The second-order valence-electron chi connectivity index (χ2n) is 5.61. The SMILES string of the molecule is O=C(CCCNc1ccccc1[N+](=O)[O-])OCc1cc(=O)n2ccsc2n1. The summed E-state index contributed by atoms with van der Waals surface area (Å²) < 4.78 is 6.56. The van der Waals surface area contributed by atoms with Crippen molar-refractivity contribution in [2.75, 3.05) is 11.9 Å². The van der Waals surface area contributed by atoms with Crippen LogP contribution < -0.4 is 10.9 Å². The van der Waals surface area contributed by atoms with Gasteiger partial charge in [0.25, 0.3) is 11.2 Å². The van der Waals surface area contributed by atoms with E-state index < -0.39 is 10.9 Å². The van der Waals surface area contributed by atoms with Gasteiger partial charge in [0.2, 0.25) is 0 Å². The second-order valence-corrected chi connectivity index (χ2v) is 6.48. The van der Waals surface area contributed by atoms with Crippen LogP contribution in [0.25, 0.3) is 4.96 Å². The zero-order valence-corrected chi connectivity index (χ0v) is 15.0. The van der Waals surface area contributed by atoms with Crippen LogP contribution in [0.2, 0.25) is 0 Å². The number of nitro groups is 1. The molecule has 0 radical (unpaired) electrons. The van der Waals surface area contributed by atoms with Gasteiger partial charge in [-0.15, -0.1) is 11.3 Å². The Morgan fingerprint density at radius 3 is 3.00 bits per heavy atom. The number of rotatable bonds is 8. The van der Waals surface area contributed by atoms with Crippen molar-refractivity contribution in [1.82, 2.24) is 9.38 Å². The van der Waals surface area contributed by atoms with Gasteiger partial charge >= 0.3 is 5.97 Å². The summed E-state index contributed by atoms with van der Waals surface area (Å²) in [7, 11) is 0. The summed E-state index contributed by atoms with van der Waals surface area (Å²) in [5.74, 6) is -0.424. The molecule has 1 N–H and O–H groups in total. The molecule has 0 amide bonds. The van der Waals surface area contributed by atoms with Crippen molar-refractivity contribution in [3.63, 3.8) is 0 Å². The summed E-state index contributed by atoms with van der Waals surface area (Å²) >= 11 is 1.32. The predicted octanol–water partition coefficient (Wildman–Crippen LogP) is 2.60. The lowest BCUT2D eigenvalue weighted by Crippen LogP contribution is -2.15. The average molecular weight is 388 g/mol. The number of hydrogen-bond donors (Lipinski definition) is 1. The second kappa shape index (κ2) is 8.41. The molecule has 0 bridgehead atoms. The first-order chi connectivity index (χ1) is 13.0. The van der Waals surface area contributed by atoms with Gasteiger partial charge in [0.05, 0.1) is 10.6 Å². The quantitative estimate of drug-likeness (QED) is 0.273. The van der Waals surface area contributed by atoms with Gasteiger partial charge in [-0.25, -0.2) is 4.98 Å². The lowest BCUT2D eigenvalue weighted by molar-refractivity contribution is -0.384. The van der Waals surface area contributed by atoms with E-state index in [1.165, 1.54) is 27.9 Å². The molecule has 0 saturated heterocycles. The van der Waals surface area contributed by atoms with Crippen LogP contribution in [0.15, 0.2) is 46.7 Å². The fraction of sp³-hybridized carbons (Fsp3) is 0.235. The highest BCUT2D eigenvalue weighted by atomic mass is 32.1. The number of nitrogens with one attached hydrogen (secondary N) is 1. The largest absolute Gasteiger partial charge is 0.459 e. The number of hydrogen-bond acceptors (Lipinski definition) is 8. The fourth-order valence-corrected chi connectivity index (χ4v) is 3.17. The van der Waals surface area contributed by atoms with E-state index in [-0.39, 0.29) is 24.3 Å². The van der Waals surface area contributed by atoms with Crippen molar-refractivity contribution < 1.29 is 14.5 Å². The van der Waals surface area contributed by atoms with Gasteiger partial charge in [-0.2, -0.15) is 0 Å². The topological polar surface area (TPSA) is 116 Å². The Labute approximate surface area is 157 Å². The van der Waals surface area contributed by atoms with Crippen LogP contribution in [-0.4, -0.2) is 26.8 Å². The molecule has 3 aromatic rings. The zero-order valence-electron chi connectivity index (χ0n) is 14.2. The molecule has 140 valence electrons. The van der Waals surface area contributed by atoms with Crippen molar-refractivity contribution in [2.45, 2.75) is 19.4 Å². The summed E-state index contributed by atoms with van der Waals surface area (Å²) in [6.45, 7) is 0.320. The number of carbonyl (C=O) groups excluding carboxylic acids is 1. The maximum absolute atomic E-state index is 11.9. The molecule has 0 saturated carbocycles. The van der Waals surface area contributed by atoms with E-state index in [0.717, 1.165) is 0 Å². The van der Waals surface area contributed by atoms with E-state index in [9.17, 15) is 19.7 Å². The smallest absolute Gasteiger partial charge is 0.306 e. The molecular weight excluding hydrogens is 372 g/mol. The van der Waals surface area contributed by atoms with E-state index in [0.29, 0.717) is 29.3 Å². The normalized spacial score (nSPS) is 10.7. The maximum atomic E-state index is 11.9. The summed E-state index contributed by atoms with van der Waals surface area (Å²) in [5, 5.41) is 15.6. The van der Waals surface area contributed by atoms with Gasteiger partial charge in [-0.3, -0.25) is 24.1 Å². The van der Waals surface area contributed by atoms with E-state index in [1.807, 2.05) is 0 Å². The van der Waals surface area contributed by atoms with Crippen molar-refractivity contribution >= 4 is 33.6 Å². The van der Waals surface area contributed by atoms with Gasteiger partial charge < -0.3 is 10.1 Å². The van der Waals surface area contributed by atoms with Crippen molar-refractivity contribution in [3.8, 4) is 0 Å². The van der Waals surface area contributed by atoms with E-state index in [2.05, 4.69) is 10.3 Å². The molecule has 0 aliphatic heterocycles. The van der Waals surface area contributed by atoms with Gasteiger partial charge in [0.1, 0.15) is 12.3 Å². The molecular formula is C17H16N4O5S. The fourth-order valence-electron chi connectivity index (χ4n) is 2.43. The molecule has 0 unspecified atom stereocenters. The Morgan fingerprint density at radius 1 is 1.37 bits per heavy atom. The van der Waals surface area contributed by atoms with Crippen LogP contribution in [0.5, 0.6) is 0 Å². The van der Waals surface area contributed by atoms with Crippen LogP contribution in [0.1, 0.15) is 18.5 Å². The Morgan fingerprint density at radius 2 is 2.19 bits per heavy atom. The molecule has 0 fully saturated rings. The molecule has 2 aromatic heterocycles. The first-order valence-corrected chi connectivity index (χ1v) is 9.01. The van der Waals surface area contributed by atoms with Crippen LogP contribution >= 0.6 is 11.3 Å². The van der Waals surface area contributed by atoms with Crippen LogP contribution in [0, 0.1) is 10.1 Å². The van der Waals surface area contributed by atoms with Crippen LogP contribution in [-0.2, 0) is 16.1 Å². The van der Waals surface area contributed by atoms with E-state index in [4.69, 9.17) is 4.74 Å². The number of para-hydroxylation sites is 2. The van der Waals surface area contributed by atoms with Crippen LogP contribution in [0.4, 0.5) is 11.4 Å². The van der Waals surface area contributed by atoms with Gasteiger partial charge in [-0.1, -0.05) is 12.1 Å². The molecule has 0 atom stereocenters. The number of ether oxygens (including phenoxy) is 1. The summed E-state index contributed by atoms with van der Waals surface area (Å²) in [4.78, 5) is 39.0. The number of aromatic nitrogens is 2. The lowest BCUT2D eigenvalue weighted by atomic mass is 10.2.